The minimum Gasteiger partial charge on any atom is -0.383 e. The third-order valence-electron chi connectivity index (χ3n) is 6.64. The number of nitrogens with two attached hydrogens (primary N) is 1. The lowest BCUT2D eigenvalue weighted by molar-refractivity contribution is 0.356. The second kappa shape index (κ2) is 7.83. The predicted molar refractivity (Wildman–Crippen MR) is 130 cm³/mol. The summed E-state index contributed by atoms with van der Waals surface area (Å²) in [5, 5.41) is 9.25. The Balaban J connectivity index is 1.42. The first-order valence-corrected chi connectivity index (χ1v) is 13.0. The number of aromatic nitrogens is 5. The van der Waals surface area contributed by atoms with Gasteiger partial charge in [0.05, 0.1) is 22.5 Å². The van der Waals surface area contributed by atoms with Crippen LogP contribution in [0.4, 0.5) is 5.82 Å². The van der Waals surface area contributed by atoms with E-state index in [1.165, 1.54) is 17.7 Å². The Morgan fingerprint density at radius 1 is 1.12 bits per heavy atom. The van der Waals surface area contributed by atoms with Crippen molar-refractivity contribution in [2.75, 3.05) is 12.0 Å². The van der Waals surface area contributed by atoms with E-state index >= 15 is 0 Å². The molecule has 2 atom stereocenters. The number of nitrogens with one attached hydrogen (secondary N) is 1. The average molecular weight is 464 g/mol. The summed E-state index contributed by atoms with van der Waals surface area (Å²) in [4.78, 5) is 16.5. The number of piperidine rings is 1. The number of rotatable bonds is 4. The highest BCUT2D eigenvalue weighted by molar-refractivity contribution is 7.98. The molecule has 2 aliphatic rings. The molecule has 4 aromatic heterocycles. The van der Waals surface area contributed by atoms with Crippen molar-refractivity contribution in [2.45, 2.75) is 55.5 Å². The first kappa shape index (κ1) is 20.1. The number of fused-ring (bicyclic) bond motifs is 3. The highest BCUT2D eigenvalue weighted by Crippen LogP contribution is 2.42. The van der Waals surface area contributed by atoms with Crippen molar-refractivity contribution < 1.29 is 0 Å². The van der Waals surface area contributed by atoms with Crippen molar-refractivity contribution in [1.82, 2.24) is 29.9 Å². The number of hydrogen-bond acceptors (Lipinski definition) is 8. The minimum atomic E-state index is 0.430. The molecule has 2 unspecified atom stereocenters. The van der Waals surface area contributed by atoms with E-state index in [0.717, 1.165) is 50.9 Å². The molecule has 7 nitrogen and oxygen atoms in total. The molecule has 0 saturated carbocycles. The Hall–Kier alpha value is -2.49. The average Bonchev–Trinajstić information content (AvgIpc) is 3.52. The molecule has 0 amide bonds. The molecule has 164 valence electrons. The van der Waals surface area contributed by atoms with Crippen molar-refractivity contribution >= 4 is 34.6 Å². The summed E-state index contributed by atoms with van der Waals surface area (Å²) in [6, 6.07) is 5.29. The Bertz CT molecular complexity index is 1280. The van der Waals surface area contributed by atoms with E-state index in [9.17, 15) is 0 Å². The summed E-state index contributed by atoms with van der Waals surface area (Å²) in [6.45, 7) is 2.05. The van der Waals surface area contributed by atoms with Crippen LogP contribution in [0.15, 0.2) is 35.6 Å². The van der Waals surface area contributed by atoms with E-state index in [-0.39, 0.29) is 0 Å². The number of pyridine rings is 1. The summed E-state index contributed by atoms with van der Waals surface area (Å²) in [7, 11) is 0. The first-order valence-electron chi connectivity index (χ1n) is 11.0. The van der Waals surface area contributed by atoms with Gasteiger partial charge in [-0.3, -0.25) is 4.98 Å². The fraction of sp³-hybridized carbons (Fsp3) is 0.391. The number of hydrogen-bond donors (Lipinski definition) is 2. The van der Waals surface area contributed by atoms with Gasteiger partial charge in [-0.25, -0.2) is 9.97 Å². The maximum absolute atomic E-state index is 6.62. The third kappa shape index (κ3) is 3.30. The Morgan fingerprint density at radius 2 is 1.94 bits per heavy atom. The number of thiazole rings is 1. The van der Waals surface area contributed by atoms with Gasteiger partial charge in [0.25, 0.3) is 0 Å². The zero-order valence-electron chi connectivity index (χ0n) is 18.1. The smallest absolute Gasteiger partial charge is 0.165 e. The van der Waals surface area contributed by atoms with Gasteiger partial charge in [-0.15, -0.1) is 23.1 Å². The lowest BCUT2D eigenvalue weighted by atomic mass is 9.89. The molecule has 2 fully saturated rings. The maximum atomic E-state index is 6.62. The van der Waals surface area contributed by atoms with E-state index in [0.29, 0.717) is 23.8 Å². The van der Waals surface area contributed by atoms with Crippen LogP contribution in [0.3, 0.4) is 0 Å². The highest BCUT2D eigenvalue weighted by atomic mass is 32.2. The molecule has 2 saturated heterocycles. The normalized spacial score (nSPS) is 22.6. The summed E-state index contributed by atoms with van der Waals surface area (Å²) >= 11 is 3.32. The van der Waals surface area contributed by atoms with E-state index in [1.54, 1.807) is 27.6 Å². The standard InChI is InChI=1S/C23H25N7S2/c1-12-9-26-23(32-12)18-6-3-13(10-25-18)17-11-27-30-21(24)20(31-2)19(29-22(17)30)14-7-15-4-5-16(8-14)28-15/h3,6,9-11,14-16,28H,4-5,7-8,24H2,1-2H3. The fourth-order valence-corrected chi connectivity index (χ4v) is 6.60. The molecular formula is C23H25N7S2. The lowest BCUT2D eigenvalue weighted by Gasteiger charge is -2.30. The quantitative estimate of drug-likeness (QED) is 0.430. The SMILES string of the molecule is CSc1c(C2CC3CCC(C2)N3)nc2c(-c3ccc(-c4ncc(C)s4)nc3)cnn2c1N. The van der Waals surface area contributed by atoms with Gasteiger partial charge in [-0.2, -0.15) is 9.61 Å². The van der Waals surface area contributed by atoms with Crippen LogP contribution >= 0.6 is 23.1 Å². The Kier molecular flexibility index (Phi) is 4.93. The second-order valence-corrected chi connectivity index (χ2v) is 10.8. The predicted octanol–water partition coefficient (Wildman–Crippen LogP) is 4.53. The van der Waals surface area contributed by atoms with Crippen LogP contribution in [-0.2, 0) is 0 Å². The van der Waals surface area contributed by atoms with Crippen LogP contribution in [0.25, 0.3) is 27.5 Å². The zero-order valence-corrected chi connectivity index (χ0v) is 19.7. The Labute approximate surface area is 194 Å². The van der Waals surface area contributed by atoms with Crippen LogP contribution in [0.1, 0.15) is 42.2 Å². The van der Waals surface area contributed by atoms with E-state index in [1.807, 2.05) is 24.7 Å². The Morgan fingerprint density at radius 3 is 2.59 bits per heavy atom. The lowest BCUT2D eigenvalue weighted by Crippen LogP contribution is -2.37. The molecule has 32 heavy (non-hydrogen) atoms. The van der Waals surface area contributed by atoms with Crippen LogP contribution in [0.5, 0.6) is 0 Å². The summed E-state index contributed by atoms with van der Waals surface area (Å²) in [5.74, 6) is 1.11. The number of aryl methyl sites for hydroxylation is 1. The maximum Gasteiger partial charge on any atom is 0.165 e. The summed E-state index contributed by atoms with van der Waals surface area (Å²) in [5.41, 5.74) is 11.4. The van der Waals surface area contributed by atoms with Gasteiger partial charge < -0.3 is 11.1 Å². The molecular weight excluding hydrogens is 438 g/mol. The number of thioether (sulfide) groups is 1. The summed E-state index contributed by atoms with van der Waals surface area (Å²) < 4.78 is 1.78. The van der Waals surface area contributed by atoms with Crippen molar-refractivity contribution in [2.24, 2.45) is 0 Å². The molecule has 0 aromatic carbocycles. The van der Waals surface area contributed by atoms with E-state index in [4.69, 9.17) is 10.7 Å². The van der Waals surface area contributed by atoms with Gasteiger partial charge in [0, 0.05) is 46.4 Å². The minimum absolute atomic E-state index is 0.430. The van der Waals surface area contributed by atoms with Gasteiger partial charge in [-0.1, -0.05) is 6.07 Å². The molecule has 2 aliphatic heterocycles. The fourth-order valence-electron chi connectivity index (χ4n) is 5.14. The van der Waals surface area contributed by atoms with Gasteiger partial charge in [0.2, 0.25) is 0 Å². The molecule has 6 heterocycles. The van der Waals surface area contributed by atoms with Crippen molar-refractivity contribution in [1.29, 1.82) is 0 Å². The van der Waals surface area contributed by atoms with Crippen LogP contribution < -0.4 is 11.1 Å². The van der Waals surface area contributed by atoms with E-state index < -0.39 is 0 Å². The van der Waals surface area contributed by atoms with Gasteiger partial charge in [0.1, 0.15) is 10.8 Å². The molecule has 9 heteroatoms. The first-order chi connectivity index (χ1) is 15.6. The van der Waals surface area contributed by atoms with Crippen LogP contribution in [-0.4, -0.2) is 42.9 Å². The third-order valence-corrected chi connectivity index (χ3v) is 8.40. The van der Waals surface area contributed by atoms with Gasteiger partial charge >= 0.3 is 0 Å². The number of nitrogen functional groups attached to an aromatic ring is 1. The molecule has 3 N–H and O–H groups in total. The summed E-state index contributed by atoms with van der Waals surface area (Å²) in [6.07, 6.45) is 12.5. The monoisotopic (exact) mass is 463 g/mol. The van der Waals surface area contributed by atoms with Crippen molar-refractivity contribution in [3.05, 3.63) is 41.3 Å². The number of nitrogens with zero attached hydrogens (tertiary/aromatic N) is 5. The van der Waals surface area contributed by atoms with Gasteiger partial charge in [-0.05, 0) is 44.9 Å². The molecule has 2 bridgehead atoms. The molecule has 0 spiro atoms. The van der Waals surface area contributed by atoms with Crippen molar-refractivity contribution in [3.63, 3.8) is 0 Å². The molecule has 0 radical (unpaired) electrons. The molecule has 6 rings (SSSR count). The van der Waals surface area contributed by atoms with Gasteiger partial charge in [0.15, 0.2) is 5.65 Å². The van der Waals surface area contributed by atoms with E-state index in [2.05, 4.69) is 39.6 Å². The second-order valence-electron chi connectivity index (χ2n) is 8.72. The number of anilines is 1. The highest BCUT2D eigenvalue weighted by Gasteiger charge is 2.36. The van der Waals surface area contributed by atoms with Crippen molar-refractivity contribution in [3.8, 4) is 21.8 Å². The van der Waals surface area contributed by atoms with Crippen LogP contribution in [0, 0.1) is 6.92 Å². The largest absolute Gasteiger partial charge is 0.383 e. The zero-order chi connectivity index (χ0) is 21.8. The van der Waals surface area contributed by atoms with Crippen LogP contribution in [0.2, 0.25) is 0 Å². The topological polar surface area (TPSA) is 94.0 Å². The molecule has 0 aliphatic carbocycles. The molecule has 4 aromatic rings.